The molecule has 0 bridgehead atoms. The van der Waals surface area contributed by atoms with Crippen molar-refractivity contribution in [1.29, 1.82) is 0 Å². The second-order valence-electron chi connectivity index (χ2n) is 8.51. The van der Waals surface area contributed by atoms with Crippen LogP contribution in [0, 0.1) is 0 Å². The number of benzene rings is 2. The van der Waals surface area contributed by atoms with Gasteiger partial charge in [-0.05, 0) is 76.2 Å². The first-order chi connectivity index (χ1) is 14.5. The Morgan fingerprint density at radius 2 is 1.32 bits per heavy atom. The highest BCUT2D eigenvalue weighted by Crippen LogP contribution is 2.24. The normalized spacial score (nSPS) is 10.9. The smallest absolute Gasteiger partial charge is 0.272 e. The van der Waals surface area contributed by atoms with Gasteiger partial charge in [-0.15, -0.1) is 0 Å². The number of hydrogen-bond acceptors (Lipinski definition) is 4. The predicted octanol–water partition coefficient (Wildman–Crippen LogP) is 4.03. The minimum absolute atomic E-state index is 0.182. The van der Waals surface area contributed by atoms with Crippen LogP contribution in [0.1, 0.15) is 55.3 Å². The molecular formula is C24H32N4O3. The zero-order chi connectivity index (χ0) is 23.3. The number of nitrogens with one attached hydrogen (secondary N) is 1. The molecule has 2 aromatic rings. The van der Waals surface area contributed by atoms with Gasteiger partial charge in [0.15, 0.2) is 0 Å². The maximum absolute atomic E-state index is 13.4. The van der Waals surface area contributed by atoms with Crippen LogP contribution in [0.2, 0.25) is 0 Å². The second-order valence-corrected chi connectivity index (χ2v) is 8.51. The molecule has 0 atom stereocenters. The standard InChI is InChI=1S/C24H32N4O3/c1-8-27(22(30)18-11-15-21(16-12-18)26(6)7)28(24(3,4)5)23(31)19-9-13-20(14-10-19)25-17(2)29/h9-16H,8H2,1-7H3,(H,25,29). The van der Waals surface area contributed by atoms with E-state index in [1.807, 2.05) is 58.8 Å². The minimum atomic E-state index is -0.636. The van der Waals surface area contributed by atoms with E-state index in [4.69, 9.17) is 0 Å². The Kier molecular flexibility index (Phi) is 7.44. The predicted molar refractivity (Wildman–Crippen MR) is 124 cm³/mol. The first-order valence-corrected chi connectivity index (χ1v) is 10.3. The van der Waals surface area contributed by atoms with E-state index in [0.717, 1.165) is 5.69 Å². The van der Waals surface area contributed by atoms with Gasteiger partial charge in [-0.3, -0.25) is 14.4 Å². The molecular weight excluding hydrogens is 392 g/mol. The zero-order valence-electron chi connectivity index (χ0n) is 19.4. The summed E-state index contributed by atoms with van der Waals surface area (Å²) in [4.78, 5) is 40.0. The average Bonchev–Trinajstić information content (AvgIpc) is 2.70. The lowest BCUT2D eigenvalue weighted by atomic mass is 10.1. The molecule has 3 amide bonds. The molecule has 0 radical (unpaired) electrons. The van der Waals surface area contributed by atoms with Crippen molar-refractivity contribution in [3.05, 3.63) is 59.7 Å². The number of hydrazine groups is 1. The number of amides is 3. The van der Waals surface area contributed by atoms with Gasteiger partial charge in [-0.2, -0.15) is 0 Å². The van der Waals surface area contributed by atoms with Gasteiger partial charge in [0.2, 0.25) is 5.91 Å². The third kappa shape index (κ3) is 5.84. The quantitative estimate of drug-likeness (QED) is 0.736. The summed E-state index contributed by atoms with van der Waals surface area (Å²) in [6, 6.07) is 14.0. The van der Waals surface area contributed by atoms with Gasteiger partial charge < -0.3 is 10.2 Å². The molecule has 2 rings (SSSR count). The number of anilines is 2. The summed E-state index contributed by atoms with van der Waals surface area (Å²) in [6.07, 6.45) is 0. The Labute approximate surface area is 184 Å². The molecule has 0 heterocycles. The molecule has 0 aromatic heterocycles. The molecule has 0 aliphatic carbocycles. The first kappa shape index (κ1) is 23.9. The van der Waals surface area contributed by atoms with Crippen LogP contribution in [0.3, 0.4) is 0 Å². The molecule has 31 heavy (non-hydrogen) atoms. The highest BCUT2D eigenvalue weighted by molar-refractivity contribution is 6.00. The lowest BCUT2D eigenvalue weighted by molar-refractivity contribution is -0.114. The van der Waals surface area contributed by atoms with E-state index < -0.39 is 5.54 Å². The van der Waals surface area contributed by atoms with Gasteiger partial charge in [0.1, 0.15) is 0 Å². The fourth-order valence-corrected chi connectivity index (χ4v) is 3.23. The summed E-state index contributed by atoms with van der Waals surface area (Å²) in [5.74, 6) is -0.716. The van der Waals surface area contributed by atoms with Crippen LogP contribution in [0.25, 0.3) is 0 Å². The maximum Gasteiger partial charge on any atom is 0.272 e. The Morgan fingerprint density at radius 1 is 0.839 bits per heavy atom. The molecule has 0 saturated heterocycles. The number of carbonyl (C=O) groups is 3. The van der Waals surface area contributed by atoms with Crippen molar-refractivity contribution in [2.24, 2.45) is 0 Å². The molecule has 0 aliphatic heterocycles. The van der Waals surface area contributed by atoms with Gasteiger partial charge >= 0.3 is 0 Å². The number of rotatable bonds is 5. The van der Waals surface area contributed by atoms with Crippen LogP contribution in [-0.2, 0) is 4.79 Å². The molecule has 1 N–H and O–H groups in total. The van der Waals surface area contributed by atoms with Gasteiger partial charge in [-0.1, -0.05) is 0 Å². The fraction of sp³-hybridized carbons (Fsp3) is 0.375. The topological polar surface area (TPSA) is 73.0 Å². The highest BCUT2D eigenvalue weighted by atomic mass is 16.2. The Morgan fingerprint density at radius 3 is 1.74 bits per heavy atom. The molecule has 2 aromatic carbocycles. The number of nitrogens with zero attached hydrogens (tertiary/aromatic N) is 3. The fourth-order valence-electron chi connectivity index (χ4n) is 3.23. The molecule has 0 fully saturated rings. The van der Waals surface area contributed by atoms with Crippen LogP contribution < -0.4 is 10.2 Å². The third-order valence-corrected chi connectivity index (χ3v) is 4.69. The highest BCUT2D eigenvalue weighted by Gasteiger charge is 2.35. The lowest BCUT2D eigenvalue weighted by Gasteiger charge is -2.43. The molecule has 7 heteroatoms. The summed E-state index contributed by atoms with van der Waals surface area (Å²) < 4.78 is 0. The van der Waals surface area contributed by atoms with Crippen LogP contribution in [0.5, 0.6) is 0 Å². The number of carbonyl (C=O) groups excluding carboxylic acids is 3. The molecule has 0 spiro atoms. The second kappa shape index (κ2) is 9.64. The van der Waals surface area contributed by atoms with E-state index in [0.29, 0.717) is 23.4 Å². The van der Waals surface area contributed by atoms with E-state index in [2.05, 4.69) is 5.32 Å². The van der Waals surface area contributed by atoms with E-state index in [-0.39, 0.29) is 17.7 Å². The van der Waals surface area contributed by atoms with Crippen LogP contribution >= 0.6 is 0 Å². The van der Waals surface area contributed by atoms with Crippen LogP contribution in [0.4, 0.5) is 11.4 Å². The number of hydrogen-bond donors (Lipinski definition) is 1. The Balaban J connectivity index is 2.37. The van der Waals surface area contributed by atoms with E-state index >= 15 is 0 Å². The van der Waals surface area contributed by atoms with Crippen molar-refractivity contribution >= 4 is 29.1 Å². The zero-order valence-corrected chi connectivity index (χ0v) is 19.4. The summed E-state index contributed by atoms with van der Waals surface area (Å²) in [6.45, 7) is 9.28. The van der Waals surface area contributed by atoms with Gasteiger partial charge in [-0.25, -0.2) is 10.0 Å². The van der Waals surface area contributed by atoms with Crippen molar-refractivity contribution in [3.63, 3.8) is 0 Å². The average molecular weight is 425 g/mol. The molecule has 7 nitrogen and oxygen atoms in total. The summed E-state index contributed by atoms with van der Waals surface area (Å²) >= 11 is 0. The van der Waals surface area contributed by atoms with E-state index in [9.17, 15) is 14.4 Å². The third-order valence-electron chi connectivity index (χ3n) is 4.69. The van der Waals surface area contributed by atoms with Crippen molar-refractivity contribution in [3.8, 4) is 0 Å². The van der Waals surface area contributed by atoms with Gasteiger partial charge in [0.05, 0.1) is 5.54 Å². The van der Waals surface area contributed by atoms with Crippen LogP contribution in [0.15, 0.2) is 48.5 Å². The van der Waals surface area contributed by atoms with Crippen molar-refractivity contribution in [2.45, 2.75) is 40.2 Å². The largest absolute Gasteiger partial charge is 0.378 e. The monoisotopic (exact) mass is 424 g/mol. The molecule has 166 valence electrons. The molecule has 0 unspecified atom stereocenters. The van der Waals surface area contributed by atoms with Crippen molar-refractivity contribution in [1.82, 2.24) is 10.0 Å². The summed E-state index contributed by atoms with van der Waals surface area (Å²) in [7, 11) is 3.87. The maximum atomic E-state index is 13.4. The summed E-state index contributed by atoms with van der Waals surface area (Å²) in [5, 5.41) is 5.67. The first-order valence-electron chi connectivity index (χ1n) is 10.3. The SMILES string of the molecule is CCN(C(=O)c1ccc(N(C)C)cc1)N(C(=O)c1ccc(NC(C)=O)cc1)C(C)(C)C. The van der Waals surface area contributed by atoms with E-state index in [1.54, 1.807) is 36.4 Å². The molecule has 0 aliphatic rings. The molecule has 0 saturated carbocycles. The Hall–Kier alpha value is -3.35. The Bertz CT molecular complexity index is 929. The minimum Gasteiger partial charge on any atom is -0.378 e. The van der Waals surface area contributed by atoms with Crippen molar-refractivity contribution < 1.29 is 14.4 Å². The van der Waals surface area contributed by atoms with Crippen LogP contribution in [-0.4, -0.2) is 53.9 Å². The van der Waals surface area contributed by atoms with Gasteiger partial charge in [0, 0.05) is 50.1 Å². The van der Waals surface area contributed by atoms with Crippen molar-refractivity contribution in [2.75, 3.05) is 30.9 Å². The summed E-state index contributed by atoms with van der Waals surface area (Å²) in [5.41, 5.74) is 1.90. The van der Waals surface area contributed by atoms with E-state index in [1.165, 1.54) is 16.9 Å². The lowest BCUT2D eigenvalue weighted by Crippen LogP contribution is -2.58. The van der Waals surface area contributed by atoms with Gasteiger partial charge in [0.25, 0.3) is 11.8 Å².